The fourth-order valence-electron chi connectivity index (χ4n) is 3.58. The quantitative estimate of drug-likeness (QED) is 0.715. The molecule has 0 spiro atoms. The fraction of sp³-hybridized carbons (Fsp3) is 0.550. The second kappa shape index (κ2) is 7.84. The molecule has 2 aromatic rings. The number of H-pyrrole nitrogens is 1. The zero-order valence-corrected chi connectivity index (χ0v) is 14.9. The van der Waals surface area contributed by atoms with Crippen LogP contribution in [0.3, 0.4) is 0 Å². The highest BCUT2D eigenvalue weighted by Gasteiger charge is 2.22. The Morgan fingerprint density at radius 2 is 2.17 bits per heavy atom. The highest BCUT2D eigenvalue weighted by molar-refractivity contribution is 5.95. The lowest BCUT2D eigenvalue weighted by atomic mass is 9.91. The Morgan fingerprint density at radius 1 is 1.29 bits per heavy atom. The molecule has 24 heavy (non-hydrogen) atoms. The van der Waals surface area contributed by atoms with Crippen LogP contribution in [0.4, 0.5) is 5.69 Å². The van der Waals surface area contributed by atoms with Crippen LogP contribution < -0.4 is 10.6 Å². The summed E-state index contributed by atoms with van der Waals surface area (Å²) in [5, 5.41) is 7.96. The number of rotatable bonds is 7. The predicted molar refractivity (Wildman–Crippen MR) is 101 cm³/mol. The summed E-state index contributed by atoms with van der Waals surface area (Å²) < 4.78 is 0. The van der Waals surface area contributed by atoms with E-state index in [1.807, 2.05) is 6.07 Å². The van der Waals surface area contributed by atoms with Crippen molar-refractivity contribution in [2.75, 3.05) is 11.9 Å². The van der Waals surface area contributed by atoms with Gasteiger partial charge >= 0.3 is 0 Å². The van der Waals surface area contributed by atoms with Crippen molar-refractivity contribution in [3.05, 3.63) is 29.5 Å². The van der Waals surface area contributed by atoms with Crippen LogP contribution in [-0.4, -0.2) is 23.5 Å². The summed E-state index contributed by atoms with van der Waals surface area (Å²) in [5.41, 5.74) is 4.89. The zero-order chi connectivity index (χ0) is 16.9. The van der Waals surface area contributed by atoms with Gasteiger partial charge in [-0.1, -0.05) is 20.3 Å². The highest BCUT2D eigenvalue weighted by Crippen LogP contribution is 2.31. The third kappa shape index (κ3) is 3.81. The maximum absolute atomic E-state index is 12.0. The number of benzene rings is 1. The van der Waals surface area contributed by atoms with Gasteiger partial charge in [-0.25, -0.2) is 0 Å². The van der Waals surface area contributed by atoms with Crippen molar-refractivity contribution in [1.29, 1.82) is 0 Å². The molecule has 1 aliphatic carbocycles. The molecule has 0 saturated carbocycles. The average Bonchev–Trinajstić information content (AvgIpc) is 2.95. The van der Waals surface area contributed by atoms with Gasteiger partial charge in [0.2, 0.25) is 5.91 Å². The van der Waals surface area contributed by atoms with Gasteiger partial charge in [0.1, 0.15) is 0 Å². The summed E-state index contributed by atoms with van der Waals surface area (Å²) in [6.45, 7) is 5.40. The second-order valence-electron chi connectivity index (χ2n) is 6.89. The van der Waals surface area contributed by atoms with E-state index in [4.69, 9.17) is 0 Å². The number of carbonyl (C=O) groups is 1. The molecule has 1 aliphatic rings. The molecule has 4 nitrogen and oxygen atoms in total. The van der Waals surface area contributed by atoms with E-state index < -0.39 is 0 Å². The number of fused-ring (bicyclic) bond motifs is 3. The smallest absolute Gasteiger partial charge is 0.224 e. The van der Waals surface area contributed by atoms with E-state index in [1.165, 1.54) is 35.0 Å². The van der Waals surface area contributed by atoms with Crippen LogP contribution in [0, 0.1) is 0 Å². The van der Waals surface area contributed by atoms with Crippen LogP contribution in [0.1, 0.15) is 57.2 Å². The molecule has 1 heterocycles. The van der Waals surface area contributed by atoms with E-state index in [0.717, 1.165) is 37.9 Å². The number of hydrogen-bond donors (Lipinski definition) is 3. The molecule has 1 unspecified atom stereocenters. The molecule has 0 fully saturated rings. The van der Waals surface area contributed by atoms with Gasteiger partial charge in [0.15, 0.2) is 0 Å². The van der Waals surface area contributed by atoms with E-state index in [9.17, 15) is 4.79 Å². The van der Waals surface area contributed by atoms with Gasteiger partial charge < -0.3 is 15.6 Å². The number of aromatic amines is 1. The zero-order valence-electron chi connectivity index (χ0n) is 14.9. The molecule has 0 radical (unpaired) electrons. The van der Waals surface area contributed by atoms with Crippen LogP contribution in [0.15, 0.2) is 18.2 Å². The predicted octanol–water partition coefficient (Wildman–Crippen LogP) is 4.15. The van der Waals surface area contributed by atoms with Gasteiger partial charge in [0.05, 0.1) is 0 Å². The van der Waals surface area contributed by atoms with Crippen molar-refractivity contribution in [3.8, 4) is 0 Å². The topological polar surface area (TPSA) is 56.9 Å². The van der Waals surface area contributed by atoms with E-state index in [0.29, 0.717) is 12.5 Å². The lowest BCUT2D eigenvalue weighted by Crippen LogP contribution is -2.34. The van der Waals surface area contributed by atoms with Gasteiger partial charge in [-0.2, -0.15) is 0 Å². The Morgan fingerprint density at radius 3 is 2.96 bits per heavy atom. The Kier molecular flexibility index (Phi) is 5.56. The number of amides is 1. The Hall–Kier alpha value is -1.81. The second-order valence-corrected chi connectivity index (χ2v) is 6.89. The Balaban J connectivity index is 1.78. The molecule has 4 heteroatoms. The van der Waals surface area contributed by atoms with Crippen LogP contribution in [0.25, 0.3) is 10.9 Å². The Labute approximate surface area is 144 Å². The van der Waals surface area contributed by atoms with Crippen molar-refractivity contribution in [1.82, 2.24) is 10.3 Å². The monoisotopic (exact) mass is 327 g/mol. The first-order valence-electron chi connectivity index (χ1n) is 9.38. The number of unbranched alkanes of at least 4 members (excludes halogenated alkanes) is 1. The normalized spacial score (nSPS) is 17.0. The lowest BCUT2D eigenvalue weighted by Gasteiger charge is -2.23. The average molecular weight is 327 g/mol. The molecule has 130 valence electrons. The lowest BCUT2D eigenvalue weighted by molar-refractivity contribution is -0.116. The number of hydrogen-bond acceptors (Lipinski definition) is 2. The van der Waals surface area contributed by atoms with E-state index in [2.05, 4.69) is 41.6 Å². The largest absolute Gasteiger partial charge is 0.358 e. The molecule has 3 rings (SSSR count). The minimum atomic E-state index is 0.114. The molecule has 0 aliphatic heterocycles. The van der Waals surface area contributed by atoms with Gasteiger partial charge in [-0.3, -0.25) is 4.79 Å². The number of aryl methyl sites for hydroxylation is 1. The number of aromatic nitrogens is 1. The molecule has 1 aromatic carbocycles. The maximum atomic E-state index is 12.0. The first kappa shape index (κ1) is 17.0. The summed E-state index contributed by atoms with van der Waals surface area (Å²) in [5.74, 6) is 0.114. The van der Waals surface area contributed by atoms with Crippen molar-refractivity contribution < 1.29 is 4.79 Å². The first-order valence-corrected chi connectivity index (χ1v) is 9.38. The summed E-state index contributed by atoms with van der Waals surface area (Å²) >= 11 is 0. The number of carbonyl (C=O) groups excluding carboxylic acids is 1. The molecule has 3 N–H and O–H groups in total. The van der Waals surface area contributed by atoms with Crippen molar-refractivity contribution >= 4 is 22.5 Å². The van der Waals surface area contributed by atoms with E-state index >= 15 is 0 Å². The molecule has 0 saturated heterocycles. The molecular weight excluding hydrogens is 298 g/mol. The van der Waals surface area contributed by atoms with Crippen molar-refractivity contribution in [3.63, 3.8) is 0 Å². The third-order valence-corrected chi connectivity index (χ3v) is 4.91. The third-order valence-electron chi connectivity index (χ3n) is 4.91. The highest BCUT2D eigenvalue weighted by atomic mass is 16.1. The van der Waals surface area contributed by atoms with Gasteiger partial charge in [-0.05, 0) is 62.4 Å². The minimum absolute atomic E-state index is 0.114. The molecular formula is C20H29N3O. The van der Waals surface area contributed by atoms with Gasteiger partial charge in [-0.15, -0.1) is 0 Å². The van der Waals surface area contributed by atoms with Crippen LogP contribution in [0.2, 0.25) is 0 Å². The van der Waals surface area contributed by atoms with Gasteiger partial charge in [0.25, 0.3) is 0 Å². The van der Waals surface area contributed by atoms with Crippen molar-refractivity contribution in [2.24, 2.45) is 0 Å². The minimum Gasteiger partial charge on any atom is -0.358 e. The van der Waals surface area contributed by atoms with Crippen LogP contribution in [-0.2, 0) is 17.6 Å². The summed E-state index contributed by atoms with van der Waals surface area (Å²) in [6, 6.07) is 6.80. The number of anilines is 1. The van der Waals surface area contributed by atoms with Crippen LogP contribution in [0.5, 0.6) is 0 Å². The van der Waals surface area contributed by atoms with Gasteiger partial charge in [0, 0.05) is 34.7 Å². The fourth-order valence-corrected chi connectivity index (χ4v) is 3.58. The van der Waals surface area contributed by atoms with E-state index in [1.54, 1.807) is 0 Å². The summed E-state index contributed by atoms with van der Waals surface area (Å²) in [4.78, 5) is 15.5. The molecule has 1 atom stereocenters. The molecule has 1 aromatic heterocycles. The van der Waals surface area contributed by atoms with Crippen LogP contribution >= 0.6 is 0 Å². The molecule has 1 amide bonds. The number of nitrogens with one attached hydrogen (secondary N) is 3. The Bertz CT molecular complexity index is 704. The summed E-state index contributed by atoms with van der Waals surface area (Å²) in [7, 11) is 0. The first-order chi connectivity index (χ1) is 11.7. The SMILES string of the molecule is CCCCC(=O)Nc1ccc2[nH]c3c(c2c1)CC(NCCC)CC3. The van der Waals surface area contributed by atoms with Crippen molar-refractivity contribution in [2.45, 2.75) is 64.8 Å². The maximum Gasteiger partial charge on any atom is 0.224 e. The summed E-state index contributed by atoms with van der Waals surface area (Å²) in [6.07, 6.45) is 7.13. The molecule has 0 bridgehead atoms. The standard InChI is InChI=1S/C20H29N3O/c1-3-5-6-20(24)22-15-8-10-19-17(13-15)16-12-14(21-11-4-2)7-9-18(16)23-19/h8,10,13-14,21,23H,3-7,9,11-12H2,1-2H3,(H,22,24). The van der Waals surface area contributed by atoms with E-state index in [-0.39, 0.29) is 5.91 Å².